The van der Waals surface area contributed by atoms with E-state index in [4.69, 9.17) is 0 Å². The first-order valence-corrected chi connectivity index (χ1v) is 9.36. The number of carbonyl (C=O) groups is 1. The van der Waals surface area contributed by atoms with Gasteiger partial charge in [-0.1, -0.05) is 18.2 Å². The quantitative estimate of drug-likeness (QED) is 0.934. The number of benzene rings is 1. The summed E-state index contributed by atoms with van der Waals surface area (Å²) in [5.74, 6) is 0.207. The molecule has 25 heavy (non-hydrogen) atoms. The Morgan fingerprint density at radius 3 is 2.80 bits per heavy atom. The van der Waals surface area contributed by atoms with Gasteiger partial charge in [0.05, 0.1) is 5.92 Å². The minimum Gasteiger partial charge on any atom is -0.358 e. The highest BCUT2D eigenvalue weighted by Crippen LogP contribution is 2.42. The third kappa shape index (κ3) is 2.43. The number of aromatic nitrogens is 1. The standard InChI is InChI=1S/C21H27N3O/c1-5-24(6-2)21(25)14-10-17-15-8-7-9-18-20(15)16(13(3)22-18)11-19(17)23(4)12-14/h7-10,14,19,22H,5-6,11-12H2,1-4H3/t14-,19-/m0/s1. The maximum Gasteiger partial charge on any atom is 0.230 e. The molecule has 0 unspecified atom stereocenters. The molecule has 4 nitrogen and oxygen atoms in total. The Labute approximate surface area is 149 Å². The van der Waals surface area contributed by atoms with E-state index < -0.39 is 0 Å². The number of aryl methyl sites for hydroxylation is 1. The molecule has 4 heteroatoms. The first-order valence-electron chi connectivity index (χ1n) is 9.36. The van der Waals surface area contributed by atoms with Crippen molar-refractivity contribution in [1.82, 2.24) is 14.8 Å². The average Bonchev–Trinajstić information content (AvgIpc) is 2.93. The Kier molecular flexibility index (Phi) is 3.95. The number of H-pyrrole nitrogens is 1. The molecule has 4 rings (SSSR count). The number of nitrogens with one attached hydrogen (secondary N) is 1. The molecule has 2 aliphatic rings. The fraction of sp³-hybridized carbons (Fsp3) is 0.476. The molecule has 0 spiro atoms. The second-order valence-corrected chi connectivity index (χ2v) is 7.36. The molecule has 0 fully saturated rings. The molecular weight excluding hydrogens is 310 g/mol. The van der Waals surface area contributed by atoms with Crippen LogP contribution in [0.5, 0.6) is 0 Å². The van der Waals surface area contributed by atoms with Crippen LogP contribution in [0.1, 0.15) is 30.7 Å². The lowest BCUT2D eigenvalue weighted by atomic mass is 9.79. The van der Waals surface area contributed by atoms with Crippen LogP contribution in [-0.4, -0.2) is 53.4 Å². The van der Waals surface area contributed by atoms with Crippen molar-refractivity contribution in [3.05, 3.63) is 41.1 Å². The summed E-state index contributed by atoms with van der Waals surface area (Å²) in [4.78, 5) is 20.8. The Balaban J connectivity index is 1.83. The van der Waals surface area contributed by atoms with Gasteiger partial charge in [0.2, 0.25) is 5.91 Å². The van der Waals surface area contributed by atoms with Crippen molar-refractivity contribution in [3.8, 4) is 0 Å². The van der Waals surface area contributed by atoms with Gasteiger partial charge in [0.1, 0.15) is 0 Å². The molecule has 1 aliphatic carbocycles. The summed E-state index contributed by atoms with van der Waals surface area (Å²) in [5, 5.41) is 1.35. The normalized spacial score (nSPS) is 22.6. The van der Waals surface area contributed by atoms with Gasteiger partial charge in [-0.3, -0.25) is 9.69 Å². The molecule has 2 aromatic rings. The van der Waals surface area contributed by atoms with Gasteiger partial charge in [-0.2, -0.15) is 0 Å². The van der Waals surface area contributed by atoms with Crippen LogP contribution in [0.4, 0.5) is 0 Å². The summed E-state index contributed by atoms with van der Waals surface area (Å²) >= 11 is 0. The second kappa shape index (κ2) is 6.03. The van der Waals surface area contributed by atoms with Gasteiger partial charge >= 0.3 is 0 Å². The highest BCUT2D eigenvalue weighted by molar-refractivity contribution is 6.00. The smallest absolute Gasteiger partial charge is 0.230 e. The average molecular weight is 337 g/mol. The molecule has 1 amide bonds. The Morgan fingerprint density at radius 2 is 2.08 bits per heavy atom. The first kappa shape index (κ1) is 16.4. The Bertz CT molecular complexity index is 859. The van der Waals surface area contributed by atoms with E-state index in [1.54, 1.807) is 0 Å². The van der Waals surface area contributed by atoms with Gasteiger partial charge in [-0.15, -0.1) is 0 Å². The highest BCUT2D eigenvalue weighted by atomic mass is 16.2. The highest BCUT2D eigenvalue weighted by Gasteiger charge is 2.36. The minimum absolute atomic E-state index is 0.0482. The summed E-state index contributed by atoms with van der Waals surface area (Å²) < 4.78 is 0. The predicted octanol–water partition coefficient (Wildman–Crippen LogP) is 3.21. The van der Waals surface area contributed by atoms with Crippen LogP contribution in [0.15, 0.2) is 24.3 Å². The molecule has 132 valence electrons. The van der Waals surface area contributed by atoms with E-state index in [-0.39, 0.29) is 11.8 Å². The molecule has 1 aromatic heterocycles. The van der Waals surface area contributed by atoms with E-state index in [9.17, 15) is 4.79 Å². The molecule has 1 N–H and O–H groups in total. The van der Waals surface area contributed by atoms with E-state index in [1.807, 2.05) is 4.90 Å². The van der Waals surface area contributed by atoms with Crippen LogP contribution in [0, 0.1) is 12.8 Å². The third-order valence-electron chi connectivity index (χ3n) is 6.00. The molecule has 0 bridgehead atoms. The number of amides is 1. The maximum atomic E-state index is 12.9. The molecule has 1 aromatic carbocycles. The van der Waals surface area contributed by atoms with E-state index in [0.29, 0.717) is 6.04 Å². The van der Waals surface area contributed by atoms with Crippen LogP contribution in [0.2, 0.25) is 0 Å². The van der Waals surface area contributed by atoms with E-state index in [0.717, 1.165) is 26.1 Å². The largest absolute Gasteiger partial charge is 0.358 e. The molecule has 0 saturated carbocycles. The number of likely N-dealkylation sites (N-methyl/N-ethyl adjacent to an activating group) is 1. The van der Waals surface area contributed by atoms with Crippen molar-refractivity contribution in [1.29, 1.82) is 0 Å². The Hall–Kier alpha value is -2.07. The van der Waals surface area contributed by atoms with Gasteiger partial charge in [0, 0.05) is 42.3 Å². The minimum atomic E-state index is -0.0482. The summed E-state index contributed by atoms with van der Waals surface area (Å²) in [6.45, 7) is 8.64. The molecule has 2 heterocycles. The lowest BCUT2D eigenvalue weighted by Crippen LogP contribution is -2.47. The fourth-order valence-corrected chi connectivity index (χ4v) is 4.65. The van der Waals surface area contributed by atoms with Crippen LogP contribution in [0.3, 0.4) is 0 Å². The molecular formula is C21H27N3O. The topological polar surface area (TPSA) is 39.3 Å². The van der Waals surface area contributed by atoms with Gasteiger partial charge < -0.3 is 9.88 Å². The summed E-state index contributed by atoms with van der Waals surface area (Å²) in [5.41, 5.74) is 6.56. The van der Waals surface area contributed by atoms with Crippen LogP contribution >= 0.6 is 0 Å². The van der Waals surface area contributed by atoms with Crippen molar-refractivity contribution >= 4 is 22.4 Å². The SMILES string of the molecule is CCN(CC)C(=O)[C@H]1C=C2c3cccc4[nH]c(C)c(c34)C[C@@H]2N(C)C1. The third-order valence-corrected chi connectivity index (χ3v) is 6.00. The van der Waals surface area contributed by atoms with Crippen molar-refractivity contribution in [3.63, 3.8) is 0 Å². The lowest BCUT2D eigenvalue weighted by Gasteiger charge is -2.40. The van der Waals surface area contributed by atoms with Crippen LogP contribution in [-0.2, 0) is 11.2 Å². The number of aromatic amines is 1. The molecule has 0 saturated heterocycles. The van der Waals surface area contributed by atoms with Crippen LogP contribution < -0.4 is 0 Å². The lowest BCUT2D eigenvalue weighted by molar-refractivity contribution is -0.134. The number of hydrogen-bond acceptors (Lipinski definition) is 2. The molecule has 2 atom stereocenters. The zero-order valence-corrected chi connectivity index (χ0v) is 15.6. The zero-order valence-electron chi connectivity index (χ0n) is 15.6. The van der Waals surface area contributed by atoms with Crippen molar-refractivity contribution in [2.45, 2.75) is 33.2 Å². The number of nitrogens with zero attached hydrogens (tertiary/aromatic N) is 2. The molecule has 0 radical (unpaired) electrons. The van der Waals surface area contributed by atoms with E-state index in [2.05, 4.69) is 62.0 Å². The van der Waals surface area contributed by atoms with E-state index >= 15 is 0 Å². The fourth-order valence-electron chi connectivity index (χ4n) is 4.65. The Morgan fingerprint density at radius 1 is 1.32 bits per heavy atom. The van der Waals surface area contributed by atoms with Gasteiger partial charge in [0.15, 0.2) is 0 Å². The first-order chi connectivity index (χ1) is 12.0. The van der Waals surface area contributed by atoms with Crippen molar-refractivity contribution in [2.24, 2.45) is 5.92 Å². The second-order valence-electron chi connectivity index (χ2n) is 7.36. The number of hydrogen-bond donors (Lipinski definition) is 1. The van der Waals surface area contributed by atoms with Crippen LogP contribution in [0.25, 0.3) is 16.5 Å². The summed E-state index contributed by atoms with van der Waals surface area (Å²) in [6, 6.07) is 6.86. The monoisotopic (exact) mass is 337 g/mol. The number of fused-ring (bicyclic) bond motifs is 2. The number of rotatable bonds is 3. The predicted molar refractivity (Wildman–Crippen MR) is 103 cm³/mol. The zero-order chi connectivity index (χ0) is 17.7. The number of carbonyl (C=O) groups excluding carboxylic acids is 1. The van der Waals surface area contributed by atoms with Crippen molar-refractivity contribution < 1.29 is 4.79 Å². The molecule has 1 aliphatic heterocycles. The van der Waals surface area contributed by atoms with Gasteiger partial charge in [-0.05, 0) is 57.0 Å². The summed E-state index contributed by atoms with van der Waals surface area (Å²) in [7, 11) is 2.16. The summed E-state index contributed by atoms with van der Waals surface area (Å²) in [6.07, 6.45) is 3.28. The van der Waals surface area contributed by atoms with Gasteiger partial charge in [-0.25, -0.2) is 0 Å². The van der Waals surface area contributed by atoms with Gasteiger partial charge in [0.25, 0.3) is 0 Å². The maximum absolute atomic E-state index is 12.9. The van der Waals surface area contributed by atoms with E-state index in [1.165, 1.54) is 33.3 Å². The van der Waals surface area contributed by atoms with Crippen molar-refractivity contribution in [2.75, 3.05) is 26.7 Å².